The molecule has 0 N–H and O–H groups in total. The predicted octanol–water partition coefficient (Wildman–Crippen LogP) is 4.36. The number of likely N-dealkylation sites (tertiary alicyclic amines) is 1. The molecule has 4 nitrogen and oxygen atoms in total. The van der Waals surface area contributed by atoms with Gasteiger partial charge in [0.2, 0.25) is 0 Å². The van der Waals surface area contributed by atoms with Crippen molar-refractivity contribution in [3.8, 4) is 11.5 Å². The van der Waals surface area contributed by atoms with Crippen molar-refractivity contribution in [3.05, 3.63) is 59.0 Å². The van der Waals surface area contributed by atoms with Gasteiger partial charge in [-0.3, -0.25) is 9.69 Å². The van der Waals surface area contributed by atoms with Crippen molar-refractivity contribution in [2.45, 2.75) is 32.1 Å². The van der Waals surface area contributed by atoms with Gasteiger partial charge in [0.15, 0.2) is 17.3 Å². The third-order valence-corrected chi connectivity index (χ3v) is 4.71. The monoisotopic (exact) mass is 393 g/mol. The lowest BCUT2D eigenvalue weighted by Crippen LogP contribution is -2.34. The van der Waals surface area contributed by atoms with E-state index in [0.717, 1.165) is 0 Å². The van der Waals surface area contributed by atoms with Gasteiger partial charge in [-0.25, -0.2) is 0 Å². The summed E-state index contributed by atoms with van der Waals surface area (Å²) in [5.74, 6) is -4.37. The van der Waals surface area contributed by atoms with Gasteiger partial charge in [-0.15, -0.1) is 0 Å². The van der Waals surface area contributed by atoms with E-state index in [1.54, 1.807) is 0 Å². The average molecular weight is 394 g/mol. The van der Waals surface area contributed by atoms with Gasteiger partial charge in [0.1, 0.15) is 0 Å². The van der Waals surface area contributed by atoms with E-state index in [1.165, 1.54) is 26.4 Å². The number of carbonyl (C=O) groups is 1. The number of carbonyl (C=O) groups excluding carboxylic acids is 1. The second-order valence-electron chi connectivity index (χ2n) is 6.48. The van der Waals surface area contributed by atoms with E-state index in [0.29, 0.717) is 11.3 Å². The summed E-state index contributed by atoms with van der Waals surface area (Å²) < 4.78 is 129. The molecule has 1 atom stereocenters. The molecule has 0 bridgehead atoms. The van der Waals surface area contributed by atoms with E-state index < -0.39 is 92.1 Å². The first-order valence-corrected chi connectivity index (χ1v) is 8.76. The second kappa shape index (κ2) is 8.36. The van der Waals surface area contributed by atoms with Crippen LogP contribution >= 0.6 is 0 Å². The first kappa shape index (κ1) is 8.58. The maximum absolute atomic E-state index is 13.4. The Morgan fingerprint density at radius 3 is 2.50 bits per heavy atom. The fourth-order valence-corrected chi connectivity index (χ4v) is 3.33. The van der Waals surface area contributed by atoms with Crippen LogP contribution in [0.25, 0.3) is 0 Å². The van der Waals surface area contributed by atoms with Gasteiger partial charge < -0.3 is 9.47 Å². The lowest BCUT2D eigenvalue weighted by atomic mass is 9.85. The van der Waals surface area contributed by atoms with Crippen LogP contribution in [0.2, 0.25) is 0 Å². The summed E-state index contributed by atoms with van der Waals surface area (Å²) in [6.45, 7) is -8.00. The lowest BCUT2D eigenvalue weighted by molar-refractivity contribution is 0.0895. The number of piperidine rings is 1. The first-order valence-electron chi connectivity index (χ1n) is 15.8. The van der Waals surface area contributed by atoms with Crippen LogP contribution in [-0.4, -0.2) is 37.9 Å². The molecular formula is C24H29NO3. The summed E-state index contributed by atoms with van der Waals surface area (Å²) in [6, 6.07) is -0.916. The summed E-state index contributed by atoms with van der Waals surface area (Å²) in [4.78, 5) is 13.5. The van der Waals surface area contributed by atoms with Crippen molar-refractivity contribution < 1.29 is 33.5 Å². The zero-order valence-electron chi connectivity index (χ0n) is 29.5. The van der Waals surface area contributed by atoms with Crippen LogP contribution in [0.1, 0.15) is 59.8 Å². The molecule has 1 heterocycles. The molecule has 0 aromatic heterocycles. The van der Waals surface area contributed by atoms with Crippen molar-refractivity contribution in [1.82, 2.24) is 4.90 Å². The number of benzene rings is 2. The Morgan fingerprint density at radius 2 is 1.82 bits per heavy atom. The van der Waals surface area contributed by atoms with Gasteiger partial charge in [0, 0.05) is 30.4 Å². The maximum atomic E-state index is 13.4. The molecule has 28 heavy (non-hydrogen) atoms. The smallest absolute Gasteiger partial charge is 0.166 e. The van der Waals surface area contributed by atoms with Gasteiger partial charge in [0.25, 0.3) is 0 Å². The number of hydrogen-bond acceptors (Lipinski definition) is 4. The largest absolute Gasteiger partial charge is 0.493 e. The number of ether oxygens (including phenoxy) is 2. The van der Waals surface area contributed by atoms with Crippen molar-refractivity contribution in [1.29, 1.82) is 0 Å². The molecule has 0 amide bonds. The molecule has 1 saturated heterocycles. The fraction of sp³-hybridized carbons (Fsp3) is 0.458. The Labute approximate surface area is 187 Å². The summed E-state index contributed by atoms with van der Waals surface area (Å²) in [7, 11) is 2.76. The molecule has 2 aromatic carbocycles. The van der Waals surface area contributed by atoms with E-state index >= 15 is 0 Å². The highest BCUT2D eigenvalue weighted by Crippen LogP contribution is 2.39. The molecule has 1 unspecified atom stereocenters. The van der Waals surface area contributed by atoms with Crippen LogP contribution in [0, 0.1) is 11.8 Å². The fourth-order valence-electron chi connectivity index (χ4n) is 3.33. The molecule has 1 aliphatic carbocycles. The third-order valence-electron chi connectivity index (χ3n) is 4.71. The Morgan fingerprint density at radius 1 is 1.14 bits per heavy atom. The molecule has 4 rings (SSSR count). The molecule has 0 spiro atoms. The second-order valence-corrected chi connectivity index (χ2v) is 6.48. The van der Waals surface area contributed by atoms with Gasteiger partial charge in [-0.2, -0.15) is 0 Å². The van der Waals surface area contributed by atoms with Crippen molar-refractivity contribution >= 4 is 5.78 Å². The normalized spacial score (nSPS) is 35.8. The molecule has 148 valence electrons. The number of ketones is 1. The highest BCUT2D eigenvalue weighted by Gasteiger charge is 2.34. The van der Waals surface area contributed by atoms with E-state index in [1.807, 2.05) is 0 Å². The minimum Gasteiger partial charge on any atom is -0.493 e. The number of rotatable bonds is 6. The van der Waals surface area contributed by atoms with Crippen molar-refractivity contribution in [2.75, 3.05) is 27.2 Å². The quantitative estimate of drug-likeness (QED) is 0.731. The molecule has 0 radical (unpaired) electrons. The van der Waals surface area contributed by atoms with Gasteiger partial charge in [-0.1, -0.05) is 30.2 Å². The molecular weight excluding hydrogens is 350 g/mol. The number of hydrogen-bond donors (Lipinski definition) is 0. The highest BCUT2D eigenvalue weighted by molar-refractivity contribution is 6.02. The number of nitrogens with zero attached hydrogens (tertiary/aromatic N) is 1. The van der Waals surface area contributed by atoms with Crippen molar-refractivity contribution in [3.63, 3.8) is 0 Å². The molecule has 1 fully saturated rings. The highest BCUT2D eigenvalue weighted by atomic mass is 16.5. The lowest BCUT2D eigenvalue weighted by Gasteiger charge is -2.32. The number of Topliss-reactive ketones (excluding diaryl/α,β-unsaturated/α-hetero) is 1. The van der Waals surface area contributed by atoms with Crippen LogP contribution in [0.5, 0.6) is 11.5 Å². The number of fused-ring (bicyclic) bond motifs is 1. The van der Waals surface area contributed by atoms with Crippen LogP contribution in [0.4, 0.5) is 0 Å². The van der Waals surface area contributed by atoms with Gasteiger partial charge in [0.05, 0.1) is 21.1 Å². The van der Waals surface area contributed by atoms with E-state index in [4.69, 9.17) is 28.7 Å². The zero-order valence-corrected chi connectivity index (χ0v) is 15.5. The Kier molecular flexibility index (Phi) is 2.56. The van der Waals surface area contributed by atoms with Crippen molar-refractivity contribution in [2.24, 2.45) is 11.8 Å². The Bertz CT molecular complexity index is 1400. The Hall–Kier alpha value is -2.33. The minimum absolute atomic E-state index is 0.0561. The predicted molar refractivity (Wildman–Crippen MR) is 110 cm³/mol. The van der Waals surface area contributed by atoms with E-state index in [9.17, 15) is 4.79 Å². The Balaban J connectivity index is 1.79. The molecule has 1 aliphatic heterocycles. The molecule has 4 heteroatoms. The summed E-state index contributed by atoms with van der Waals surface area (Å²) in [5, 5.41) is 0. The zero-order chi connectivity index (χ0) is 32.0. The standard InChI is InChI=1S/C24H29NO3/c1-27-22-14-19-13-20(24(26)21(19)15-23(22)28-2)12-17-8-10-25(11-9-17)16-18-6-4-3-5-7-18/h3-7,14-15,17,20H,8-13,16H2,1-2H3/i3D,4D,5D,6D,7D,8D2,9D2,10D2,11D2,17D. The first-order chi connectivity index (χ1) is 19.1. The SMILES string of the molecule is [2H]c1c([2H])c([2H])c(CN2C([2H])([2H])C([2H])([2H])C([2H])(CC3Cc4cc(OC)c(OC)cc4C3=O)C([2H])([2H])C2([2H])[2H])c([2H])c1[2H]. The summed E-state index contributed by atoms with van der Waals surface area (Å²) >= 11 is 0. The number of methoxy groups -OCH3 is 2. The van der Waals surface area contributed by atoms with Gasteiger partial charge >= 0.3 is 0 Å². The average Bonchev–Trinajstić information content (AvgIpc) is 3.22. The third kappa shape index (κ3) is 3.93. The summed E-state index contributed by atoms with van der Waals surface area (Å²) in [5.41, 5.74) is 0.0891. The van der Waals surface area contributed by atoms with E-state index in [-0.39, 0.29) is 22.6 Å². The minimum atomic E-state index is -3.48. The summed E-state index contributed by atoms with van der Waals surface area (Å²) in [6.07, 6.45) is -7.90. The van der Waals surface area contributed by atoms with Crippen LogP contribution in [0.15, 0.2) is 42.3 Å². The van der Waals surface area contributed by atoms with Crippen LogP contribution < -0.4 is 9.47 Å². The van der Waals surface area contributed by atoms with Crippen LogP contribution in [-0.2, 0) is 13.0 Å². The van der Waals surface area contributed by atoms with E-state index in [2.05, 4.69) is 0 Å². The topological polar surface area (TPSA) is 38.8 Å². The molecule has 0 saturated carbocycles. The molecule has 2 aromatic rings. The molecule has 2 aliphatic rings. The maximum Gasteiger partial charge on any atom is 0.166 e. The van der Waals surface area contributed by atoms with Gasteiger partial charge in [-0.05, 0) is 67.7 Å². The van der Waals surface area contributed by atoms with Crippen LogP contribution in [0.3, 0.4) is 0 Å².